The van der Waals surface area contributed by atoms with E-state index in [-0.39, 0.29) is 17.1 Å². The Morgan fingerprint density at radius 3 is 2.48 bits per heavy atom. The van der Waals surface area contributed by atoms with E-state index in [0.29, 0.717) is 12.2 Å². The minimum Gasteiger partial charge on any atom is -0.370 e. The molecule has 0 heterocycles. The number of carbonyl (C=O) groups is 1. The third-order valence-electron chi connectivity index (χ3n) is 3.41. The summed E-state index contributed by atoms with van der Waals surface area (Å²) in [4.78, 5) is 24.1. The molecular weight excluding hydrogens is 301 g/mol. The normalized spacial score (nSPS) is 10.2. The first-order valence-electron chi connectivity index (χ1n) is 6.88. The molecule has 7 heteroatoms. The molecule has 0 unspecified atom stereocenters. The van der Waals surface area contributed by atoms with Crippen molar-refractivity contribution in [3.63, 3.8) is 0 Å². The zero-order chi connectivity index (χ0) is 17.0. The molecule has 0 atom stereocenters. The number of hydrogen-bond donors (Lipinski definition) is 1. The molecule has 0 bridgehead atoms. The van der Waals surface area contributed by atoms with Crippen LogP contribution in [-0.2, 0) is 6.54 Å². The number of hydrogen-bond acceptors (Lipinski definition) is 4. The highest BCUT2D eigenvalue weighted by molar-refractivity contribution is 6.00. The Morgan fingerprint density at radius 1 is 1.26 bits per heavy atom. The lowest BCUT2D eigenvalue weighted by atomic mass is 10.1. The van der Waals surface area contributed by atoms with E-state index in [9.17, 15) is 19.3 Å². The van der Waals surface area contributed by atoms with Crippen LogP contribution in [0.3, 0.4) is 0 Å². The Hall–Kier alpha value is -2.96. The van der Waals surface area contributed by atoms with Gasteiger partial charge >= 0.3 is 0 Å². The van der Waals surface area contributed by atoms with E-state index < -0.39 is 10.8 Å². The van der Waals surface area contributed by atoms with E-state index in [2.05, 4.69) is 5.32 Å². The molecule has 0 aromatic heterocycles. The summed E-state index contributed by atoms with van der Waals surface area (Å²) in [5, 5.41) is 13.4. The number of nitrogens with zero attached hydrogens (tertiary/aromatic N) is 2. The fraction of sp³-hybridized carbons (Fsp3) is 0.188. The van der Waals surface area contributed by atoms with Crippen molar-refractivity contribution >= 4 is 17.3 Å². The highest BCUT2D eigenvalue weighted by Crippen LogP contribution is 2.26. The summed E-state index contributed by atoms with van der Waals surface area (Å²) in [6, 6.07) is 10.1. The van der Waals surface area contributed by atoms with Gasteiger partial charge < -0.3 is 10.2 Å². The van der Waals surface area contributed by atoms with Gasteiger partial charge in [-0.1, -0.05) is 12.1 Å². The number of carbonyl (C=O) groups excluding carboxylic acids is 1. The van der Waals surface area contributed by atoms with Crippen LogP contribution in [0.1, 0.15) is 15.9 Å². The van der Waals surface area contributed by atoms with Gasteiger partial charge in [-0.25, -0.2) is 4.39 Å². The number of nitrogens with one attached hydrogen (secondary N) is 1. The molecule has 6 nitrogen and oxygen atoms in total. The van der Waals surface area contributed by atoms with Crippen molar-refractivity contribution in [1.29, 1.82) is 0 Å². The molecule has 23 heavy (non-hydrogen) atoms. The van der Waals surface area contributed by atoms with Crippen LogP contribution >= 0.6 is 0 Å². The van der Waals surface area contributed by atoms with E-state index in [0.717, 1.165) is 5.56 Å². The van der Waals surface area contributed by atoms with E-state index in [1.54, 1.807) is 24.1 Å². The van der Waals surface area contributed by atoms with Gasteiger partial charge in [0.25, 0.3) is 11.6 Å². The number of amides is 1. The molecule has 2 aromatic carbocycles. The predicted octanol–water partition coefficient (Wildman–Crippen LogP) is 2.73. The van der Waals surface area contributed by atoms with Gasteiger partial charge in [0, 0.05) is 32.8 Å². The first-order valence-corrected chi connectivity index (χ1v) is 6.88. The van der Waals surface area contributed by atoms with Crippen molar-refractivity contribution in [2.45, 2.75) is 6.54 Å². The molecular formula is C16H16FN3O3. The lowest BCUT2D eigenvalue weighted by molar-refractivity contribution is -0.384. The summed E-state index contributed by atoms with van der Waals surface area (Å²) < 4.78 is 13.0. The number of nitro groups is 1. The van der Waals surface area contributed by atoms with E-state index in [1.165, 1.54) is 37.4 Å². The van der Waals surface area contributed by atoms with Gasteiger partial charge in [-0.3, -0.25) is 14.9 Å². The van der Waals surface area contributed by atoms with Crippen LogP contribution in [-0.4, -0.2) is 24.9 Å². The maximum atomic E-state index is 13.0. The van der Waals surface area contributed by atoms with E-state index in [1.807, 2.05) is 0 Å². The third-order valence-corrected chi connectivity index (χ3v) is 3.41. The summed E-state index contributed by atoms with van der Waals surface area (Å²) >= 11 is 0. The van der Waals surface area contributed by atoms with Crippen LogP contribution in [0.25, 0.3) is 0 Å². The van der Waals surface area contributed by atoms with Crippen LogP contribution in [0.2, 0.25) is 0 Å². The lowest BCUT2D eigenvalue weighted by Crippen LogP contribution is -2.24. The number of anilines is 1. The zero-order valence-corrected chi connectivity index (χ0v) is 12.7. The summed E-state index contributed by atoms with van der Waals surface area (Å²) in [7, 11) is 3.22. The van der Waals surface area contributed by atoms with Gasteiger partial charge in [0.2, 0.25) is 0 Å². The molecule has 0 aliphatic heterocycles. The Morgan fingerprint density at radius 2 is 1.91 bits per heavy atom. The van der Waals surface area contributed by atoms with Crippen LogP contribution in [0, 0.1) is 15.9 Å². The largest absolute Gasteiger partial charge is 0.370 e. The van der Waals surface area contributed by atoms with Crippen LogP contribution in [0.15, 0.2) is 42.5 Å². The standard InChI is InChI=1S/C16H16FN3O3/c1-18-16(21)14-9-13(20(22)23)7-8-15(14)19(2)10-11-3-5-12(17)6-4-11/h3-9H,10H2,1-2H3,(H,18,21). The molecule has 2 rings (SSSR count). The van der Waals surface area contributed by atoms with Crippen molar-refractivity contribution in [3.05, 3.63) is 69.5 Å². The van der Waals surface area contributed by atoms with Crippen molar-refractivity contribution in [2.75, 3.05) is 19.0 Å². The minimum atomic E-state index is -0.545. The Bertz CT molecular complexity index is 732. The van der Waals surface area contributed by atoms with E-state index >= 15 is 0 Å². The molecule has 0 saturated heterocycles. The quantitative estimate of drug-likeness (QED) is 0.679. The maximum absolute atomic E-state index is 13.0. The number of rotatable bonds is 5. The van der Waals surface area contributed by atoms with Gasteiger partial charge in [0.1, 0.15) is 5.82 Å². The summed E-state index contributed by atoms with van der Waals surface area (Å²) in [6.45, 7) is 0.433. The van der Waals surface area contributed by atoms with Crippen LogP contribution < -0.4 is 10.2 Å². The first-order chi connectivity index (χ1) is 10.9. The summed E-state index contributed by atoms with van der Waals surface area (Å²) in [6.07, 6.45) is 0. The highest BCUT2D eigenvalue weighted by Gasteiger charge is 2.18. The number of nitro benzene ring substituents is 1. The Kier molecular flexibility index (Phi) is 4.90. The molecule has 0 aliphatic carbocycles. The molecule has 1 N–H and O–H groups in total. The maximum Gasteiger partial charge on any atom is 0.270 e. The monoisotopic (exact) mass is 317 g/mol. The highest BCUT2D eigenvalue weighted by atomic mass is 19.1. The van der Waals surface area contributed by atoms with Gasteiger partial charge in [0.05, 0.1) is 16.2 Å². The molecule has 2 aromatic rings. The van der Waals surface area contributed by atoms with Gasteiger partial charge in [-0.15, -0.1) is 0 Å². The number of benzene rings is 2. The van der Waals surface area contributed by atoms with Crippen molar-refractivity contribution < 1.29 is 14.1 Å². The zero-order valence-electron chi connectivity index (χ0n) is 12.7. The topological polar surface area (TPSA) is 75.5 Å². The van der Waals surface area contributed by atoms with Crippen molar-refractivity contribution in [3.8, 4) is 0 Å². The van der Waals surface area contributed by atoms with Gasteiger partial charge in [-0.2, -0.15) is 0 Å². The second-order valence-electron chi connectivity index (χ2n) is 5.02. The van der Waals surface area contributed by atoms with Gasteiger partial charge in [0.15, 0.2) is 0 Å². The molecule has 1 amide bonds. The first kappa shape index (κ1) is 16.4. The average molecular weight is 317 g/mol. The smallest absolute Gasteiger partial charge is 0.270 e. The van der Waals surface area contributed by atoms with E-state index in [4.69, 9.17) is 0 Å². The van der Waals surface area contributed by atoms with Gasteiger partial charge in [-0.05, 0) is 23.8 Å². The lowest BCUT2D eigenvalue weighted by Gasteiger charge is -2.22. The van der Waals surface area contributed by atoms with Crippen LogP contribution in [0.5, 0.6) is 0 Å². The third kappa shape index (κ3) is 3.82. The molecule has 0 fully saturated rings. The number of non-ortho nitro benzene ring substituents is 1. The molecule has 120 valence electrons. The molecule has 0 aliphatic rings. The minimum absolute atomic E-state index is 0.150. The molecule has 0 saturated carbocycles. The van der Waals surface area contributed by atoms with Crippen molar-refractivity contribution in [1.82, 2.24) is 5.32 Å². The predicted molar refractivity (Wildman–Crippen MR) is 85.0 cm³/mol. The summed E-state index contributed by atoms with van der Waals surface area (Å²) in [5.41, 5.74) is 1.48. The fourth-order valence-electron chi connectivity index (χ4n) is 2.24. The van der Waals surface area contributed by atoms with Crippen molar-refractivity contribution in [2.24, 2.45) is 0 Å². The second kappa shape index (κ2) is 6.87. The van der Waals surface area contributed by atoms with Crippen LogP contribution in [0.4, 0.5) is 15.8 Å². The molecule has 0 spiro atoms. The fourth-order valence-corrected chi connectivity index (χ4v) is 2.24. The molecule has 0 radical (unpaired) electrons. The number of halogens is 1. The Balaban J connectivity index is 2.34. The average Bonchev–Trinajstić information content (AvgIpc) is 2.55. The Labute approximate surface area is 132 Å². The SMILES string of the molecule is CNC(=O)c1cc([N+](=O)[O-])ccc1N(C)Cc1ccc(F)cc1. The summed E-state index contributed by atoms with van der Waals surface area (Å²) in [5.74, 6) is -0.729. The second-order valence-corrected chi connectivity index (χ2v) is 5.02.